The molecule has 3 aromatic rings. The van der Waals surface area contributed by atoms with Crippen LogP contribution in [0.25, 0.3) is 0 Å². The van der Waals surface area contributed by atoms with Crippen molar-refractivity contribution >= 4 is 18.0 Å². The van der Waals surface area contributed by atoms with E-state index in [0.29, 0.717) is 11.1 Å². The van der Waals surface area contributed by atoms with Gasteiger partial charge in [-0.3, -0.25) is 9.78 Å². The molecule has 0 spiro atoms. The van der Waals surface area contributed by atoms with Gasteiger partial charge in [0.15, 0.2) is 5.78 Å². The molecule has 1 aliphatic rings. The molecule has 0 saturated carbocycles. The molecule has 2 amide bonds. The van der Waals surface area contributed by atoms with Gasteiger partial charge < -0.3 is 29.5 Å². The van der Waals surface area contributed by atoms with E-state index >= 15 is 4.39 Å². The van der Waals surface area contributed by atoms with Crippen molar-refractivity contribution in [3.8, 4) is 0 Å². The number of aromatic nitrogens is 1. The van der Waals surface area contributed by atoms with Gasteiger partial charge in [0.25, 0.3) is 0 Å². The van der Waals surface area contributed by atoms with Crippen LogP contribution in [0.15, 0.2) is 60.9 Å². The second-order valence-corrected chi connectivity index (χ2v) is 14.6. The second kappa shape index (κ2) is 16.7. The predicted molar refractivity (Wildman–Crippen MR) is 183 cm³/mol. The number of morpholine rings is 1. The first kappa shape index (κ1) is 39.3. The van der Waals surface area contributed by atoms with Crippen LogP contribution in [0.1, 0.15) is 76.1 Å². The maximum atomic E-state index is 15.4. The zero-order chi connectivity index (χ0) is 37.5. The zero-order valence-corrected chi connectivity index (χ0v) is 29.8. The van der Waals surface area contributed by atoms with Crippen LogP contribution in [0, 0.1) is 17.5 Å². The monoisotopic (exact) mass is 713 g/mol. The maximum absolute atomic E-state index is 15.4. The van der Waals surface area contributed by atoms with Gasteiger partial charge in [-0.2, -0.15) is 0 Å². The molecule has 2 aromatic carbocycles. The number of halogens is 3. The predicted octanol–water partition coefficient (Wildman–Crippen LogP) is 6.27. The Hall–Kier alpha value is -4.49. The highest BCUT2D eigenvalue weighted by atomic mass is 19.1. The molecule has 276 valence electrons. The van der Waals surface area contributed by atoms with Crippen molar-refractivity contribution in [2.75, 3.05) is 19.7 Å². The molecule has 10 nitrogen and oxygen atoms in total. The summed E-state index contributed by atoms with van der Waals surface area (Å²) in [5.74, 6) is -3.16. The number of alkyl carbamates (subject to hydrolysis) is 1. The van der Waals surface area contributed by atoms with Crippen LogP contribution in [0.5, 0.6) is 0 Å². The highest BCUT2D eigenvalue weighted by Crippen LogP contribution is 2.31. The van der Waals surface area contributed by atoms with Crippen molar-refractivity contribution in [1.82, 2.24) is 15.2 Å². The van der Waals surface area contributed by atoms with E-state index in [1.807, 2.05) is 0 Å². The first-order chi connectivity index (χ1) is 23.9. The number of hydrogen-bond donors (Lipinski definition) is 2. The van der Waals surface area contributed by atoms with Crippen LogP contribution < -0.4 is 5.32 Å². The average molecular weight is 714 g/mol. The molecule has 1 aliphatic heterocycles. The molecule has 2 heterocycles. The number of aliphatic hydroxyl groups excluding tert-OH is 1. The van der Waals surface area contributed by atoms with Gasteiger partial charge in [0.05, 0.1) is 38.1 Å². The molecule has 4 rings (SSSR count). The van der Waals surface area contributed by atoms with E-state index in [9.17, 15) is 28.3 Å². The molecule has 0 aliphatic carbocycles. The van der Waals surface area contributed by atoms with Crippen molar-refractivity contribution in [2.45, 2.75) is 96.2 Å². The molecule has 13 heteroatoms. The molecule has 1 fully saturated rings. The molecular weight excluding hydrogens is 667 g/mol. The summed E-state index contributed by atoms with van der Waals surface area (Å²) in [6.45, 7) is 10.2. The Labute approximate surface area is 296 Å². The Balaban J connectivity index is 1.64. The Bertz CT molecular complexity index is 1610. The minimum Gasteiger partial charge on any atom is -0.444 e. The number of Topliss-reactive ketones (excluding diaryl/α,β-unsaturated/α-hetero) is 1. The van der Waals surface area contributed by atoms with E-state index in [1.54, 1.807) is 41.5 Å². The SMILES string of the molecule is CC(C)(C)OC(=O)N[C@H](C(=O)Cc1cncc(F)c1CC[C@@H]1CN(C(=O)OC(C)(C)C)C[C@@H](CO)O1)C(c1ccc(F)cc1)c1ccc(F)cc1. The minimum atomic E-state index is -1.32. The number of pyridine rings is 1. The van der Waals surface area contributed by atoms with Crippen LogP contribution in [-0.2, 0) is 31.8 Å². The van der Waals surface area contributed by atoms with Gasteiger partial charge in [0.2, 0.25) is 0 Å². The normalized spacial score (nSPS) is 17.2. The summed E-state index contributed by atoms with van der Waals surface area (Å²) in [7, 11) is 0. The maximum Gasteiger partial charge on any atom is 0.410 e. The minimum absolute atomic E-state index is 0.0887. The summed E-state index contributed by atoms with van der Waals surface area (Å²) < 4.78 is 60.4. The summed E-state index contributed by atoms with van der Waals surface area (Å²) in [5, 5.41) is 12.5. The zero-order valence-electron chi connectivity index (χ0n) is 29.8. The Kier molecular flexibility index (Phi) is 12.9. The highest BCUT2D eigenvalue weighted by molar-refractivity contribution is 5.91. The van der Waals surface area contributed by atoms with Gasteiger partial charge in [-0.25, -0.2) is 22.8 Å². The molecular formula is C38H46F3N3O7. The molecule has 51 heavy (non-hydrogen) atoms. The summed E-state index contributed by atoms with van der Waals surface area (Å²) in [6, 6.07) is 9.44. The molecule has 3 atom stereocenters. The Morgan fingerprint density at radius 1 is 0.882 bits per heavy atom. The Morgan fingerprint density at radius 3 is 1.96 bits per heavy atom. The van der Waals surface area contributed by atoms with E-state index in [2.05, 4.69) is 10.3 Å². The van der Waals surface area contributed by atoms with Gasteiger partial charge in [-0.05, 0) is 101 Å². The first-order valence-corrected chi connectivity index (χ1v) is 16.8. The van der Waals surface area contributed by atoms with Crippen molar-refractivity contribution in [1.29, 1.82) is 0 Å². The lowest BCUT2D eigenvalue weighted by atomic mass is 9.81. The van der Waals surface area contributed by atoms with Crippen LogP contribution in [0.3, 0.4) is 0 Å². The average Bonchev–Trinajstić information content (AvgIpc) is 3.04. The molecule has 1 aromatic heterocycles. The van der Waals surface area contributed by atoms with E-state index in [-0.39, 0.29) is 50.1 Å². The number of hydrogen-bond acceptors (Lipinski definition) is 8. The number of carbonyl (C=O) groups excluding carboxylic acids is 3. The van der Waals surface area contributed by atoms with Gasteiger partial charge in [-0.1, -0.05) is 24.3 Å². The van der Waals surface area contributed by atoms with E-state index < -0.39 is 70.8 Å². The van der Waals surface area contributed by atoms with Crippen molar-refractivity contribution in [3.05, 3.63) is 101 Å². The number of aliphatic hydroxyl groups is 1. The van der Waals surface area contributed by atoms with Crippen LogP contribution in [0.2, 0.25) is 0 Å². The number of benzene rings is 2. The largest absolute Gasteiger partial charge is 0.444 e. The molecule has 0 unspecified atom stereocenters. The lowest BCUT2D eigenvalue weighted by Crippen LogP contribution is -2.52. The molecule has 1 saturated heterocycles. The molecule has 0 bridgehead atoms. The number of carbonyl (C=O) groups is 3. The van der Waals surface area contributed by atoms with Crippen LogP contribution in [0.4, 0.5) is 22.8 Å². The lowest BCUT2D eigenvalue weighted by Gasteiger charge is -2.38. The number of ketones is 1. The summed E-state index contributed by atoms with van der Waals surface area (Å²) >= 11 is 0. The third-order valence-electron chi connectivity index (χ3n) is 8.07. The number of nitrogens with zero attached hydrogens (tertiary/aromatic N) is 2. The first-order valence-electron chi connectivity index (χ1n) is 16.8. The van der Waals surface area contributed by atoms with Crippen LogP contribution in [-0.4, -0.2) is 82.1 Å². The van der Waals surface area contributed by atoms with Gasteiger partial charge >= 0.3 is 12.2 Å². The molecule has 2 N–H and O–H groups in total. The Morgan fingerprint density at radius 2 is 1.43 bits per heavy atom. The van der Waals surface area contributed by atoms with Crippen molar-refractivity contribution in [3.63, 3.8) is 0 Å². The van der Waals surface area contributed by atoms with E-state index in [1.165, 1.54) is 59.6 Å². The summed E-state index contributed by atoms with van der Waals surface area (Å²) in [5.41, 5.74) is -0.285. The summed E-state index contributed by atoms with van der Waals surface area (Å²) in [6.07, 6.45) is -0.352. The fraction of sp³-hybridized carbons (Fsp3) is 0.474. The number of ether oxygens (including phenoxy) is 3. The third kappa shape index (κ3) is 11.5. The van der Waals surface area contributed by atoms with Gasteiger partial charge in [-0.15, -0.1) is 0 Å². The standard InChI is InChI=1S/C38H46F3N3O7/c1-37(2,3)50-35(47)43-34(33(23-7-11-26(39)12-8-23)24-9-13-27(40)14-10-24)32(46)17-25-18-42-19-31(41)30(25)16-15-28-20-44(21-29(22-45)49-28)36(48)51-38(4,5)6/h7-14,18-19,28-29,33-34,45H,15-17,20-22H2,1-6H3,(H,43,47)/t28-,29+,34-/m1/s1. The number of rotatable bonds is 11. The number of nitrogens with one attached hydrogen (secondary N) is 1. The number of amides is 2. The lowest BCUT2D eigenvalue weighted by molar-refractivity contribution is -0.120. The van der Waals surface area contributed by atoms with Crippen molar-refractivity contribution in [2.24, 2.45) is 0 Å². The summed E-state index contributed by atoms with van der Waals surface area (Å²) in [4.78, 5) is 45.7. The fourth-order valence-electron chi connectivity index (χ4n) is 5.90. The quantitative estimate of drug-likeness (QED) is 0.238. The van der Waals surface area contributed by atoms with E-state index in [4.69, 9.17) is 14.2 Å². The van der Waals surface area contributed by atoms with Crippen molar-refractivity contribution < 1.29 is 46.9 Å². The van der Waals surface area contributed by atoms with Gasteiger partial charge in [0, 0.05) is 18.5 Å². The van der Waals surface area contributed by atoms with Crippen LogP contribution >= 0.6 is 0 Å². The second-order valence-electron chi connectivity index (χ2n) is 14.6. The topological polar surface area (TPSA) is 127 Å². The third-order valence-corrected chi connectivity index (χ3v) is 8.07. The smallest absolute Gasteiger partial charge is 0.410 e. The fourth-order valence-corrected chi connectivity index (χ4v) is 5.90. The van der Waals surface area contributed by atoms with E-state index in [0.717, 1.165) is 6.20 Å². The highest BCUT2D eigenvalue weighted by Gasteiger charge is 2.36. The molecule has 0 radical (unpaired) electrons. The van der Waals surface area contributed by atoms with Gasteiger partial charge in [0.1, 0.15) is 34.7 Å².